The van der Waals surface area contributed by atoms with E-state index in [1.807, 2.05) is 13.8 Å². The molecule has 0 aliphatic heterocycles. The predicted octanol–water partition coefficient (Wildman–Crippen LogP) is 2.15. The molecule has 114 valence electrons. The summed E-state index contributed by atoms with van der Waals surface area (Å²) in [6.07, 6.45) is 0.715. The van der Waals surface area contributed by atoms with Crippen molar-refractivity contribution in [2.45, 2.75) is 31.7 Å². The number of halogens is 1. The van der Waals surface area contributed by atoms with Crippen LogP contribution in [0.1, 0.15) is 25.8 Å². The van der Waals surface area contributed by atoms with E-state index < -0.39 is 10.0 Å². The molecule has 0 aliphatic rings. The summed E-state index contributed by atoms with van der Waals surface area (Å²) in [5.41, 5.74) is 0.721. The minimum absolute atomic E-state index is 0.0776. The maximum Gasteiger partial charge on any atom is 0.244 e. The van der Waals surface area contributed by atoms with Crippen molar-refractivity contribution in [1.29, 1.82) is 0 Å². The topological polar surface area (TPSA) is 67.4 Å². The van der Waals surface area contributed by atoms with E-state index in [4.69, 9.17) is 16.3 Å². The molecule has 0 saturated carbocycles. The van der Waals surface area contributed by atoms with Crippen molar-refractivity contribution in [1.82, 2.24) is 10.0 Å². The van der Waals surface area contributed by atoms with Crippen LogP contribution in [0.25, 0.3) is 0 Å². The quantitative estimate of drug-likeness (QED) is 0.770. The normalized spacial score (nSPS) is 11.6. The lowest BCUT2D eigenvalue weighted by Crippen LogP contribution is -2.25. The highest BCUT2D eigenvalue weighted by atomic mass is 35.5. The monoisotopic (exact) mass is 320 g/mol. The number of ether oxygens (including phenoxy) is 1. The summed E-state index contributed by atoms with van der Waals surface area (Å²) in [5, 5.41) is 3.51. The number of benzene rings is 1. The maximum atomic E-state index is 12.3. The van der Waals surface area contributed by atoms with E-state index in [2.05, 4.69) is 10.0 Å². The first kappa shape index (κ1) is 17.2. The fourth-order valence-corrected chi connectivity index (χ4v) is 3.43. The lowest BCUT2D eigenvalue weighted by molar-refractivity contribution is 0.395. The molecule has 1 aromatic rings. The van der Waals surface area contributed by atoms with Gasteiger partial charge in [-0.05, 0) is 25.1 Å². The number of sulfonamides is 1. The molecule has 0 heterocycles. The molecular formula is C13H21ClN2O3S. The summed E-state index contributed by atoms with van der Waals surface area (Å²) in [7, 11) is -2.17. The molecule has 0 saturated heterocycles. The fraction of sp³-hybridized carbons (Fsp3) is 0.538. The molecule has 0 aromatic heterocycles. The molecule has 0 atom stereocenters. The maximum absolute atomic E-state index is 12.3. The van der Waals surface area contributed by atoms with Gasteiger partial charge in [0.15, 0.2) is 0 Å². The van der Waals surface area contributed by atoms with Crippen LogP contribution in [-0.2, 0) is 16.6 Å². The second-order valence-corrected chi connectivity index (χ2v) is 6.45. The van der Waals surface area contributed by atoms with Crippen molar-refractivity contribution < 1.29 is 13.2 Å². The van der Waals surface area contributed by atoms with Crippen molar-refractivity contribution in [3.8, 4) is 5.75 Å². The van der Waals surface area contributed by atoms with Crippen molar-refractivity contribution in [3.05, 3.63) is 22.7 Å². The van der Waals surface area contributed by atoms with Gasteiger partial charge in [-0.25, -0.2) is 13.1 Å². The van der Waals surface area contributed by atoms with E-state index in [1.54, 1.807) is 6.07 Å². The number of hydrogen-bond acceptors (Lipinski definition) is 4. The van der Waals surface area contributed by atoms with E-state index in [9.17, 15) is 8.42 Å². The molecule has 0 spiro atoms. The molecule has 7 heteroatoms. The van der Waals surface area contributed by atoms with Crippen LogP contribution in [0.4, 0.5) is 0 Å². The third-order valence-electron chi connectivity index (χ3n) is 2.70. The average molecular weight is 321 g/mol. The molecule has 0 fully saturated rings. The highest BCUT2D eigenvalue weighted by molar-refractivity contribution is 7.89. The Labute approximate surface area is 125 Å². The van der Waals surface area contributed by atoms with Crippen molar-refractivity contribution in [3.63, 3.8) is 0 Å². The summed E-state index contributed by atoms with van der Waals surface area (Å²) in [4.78, 5) is 0.0776. The van der Waals surface area contributed by atoms with Gasteiger partial charge in [0.2, 0.25) is 10.0 Å². The van der Waals surface area contributed by atoms with Gasteiger partial charge in [-0.1, -0.05) is 25.4 Å². The van der Waals surface area contributed by atoms with E-state index in [-0.39, 0.29) is 4.90 Å². The molecule has 0 amide bonds. The van der Waals surface area contributed by atoms with Crippen LogP contribution < -0.4 is 14.8 Å². The molecule has 5 nitrogen and oxygen atoms in total. The molecule has 0 radical (unpaired) electrons. The Kier molecular flexibility index (Phi) is 6.75. The zero-order chi connectivity index (χ0) is 15.2. The van der Waals surface area contributed by atoms with Crippen LogP contribution in [0.5, 0.6) is 5.75 Å². The molecule has 1 rings (SSSR count). The van der Waals surface area contributed by atoms with Gasteiger partial charge in [0, 0.05) is 23.7 Å². The van der Waals surface area contributed by atoms with Gasteiger partial charge in [-0.2, -0.15) is 0 Å². The molecule has 0 unspecified atom stereocenters. The smallest absolute Gasteiger partial charge is 0.244 e. The molecule has 0 bridgehead atoms. The van der Waals surface area contributed by atoms with Gasteiger partial charge in [0.05, 0.1) is 7.11 Å². The van der Waals surface area contributed by atoms with Crippen molar-refractivity contribution in [2.24, 2.45) is 0 Å². The van der Waals surface area contributed by atoms with E-state index in [0.29, 0.717) is 30.3 Å². The van der Waals surface area contributed by atoms with Crippen molar-refractivity contribution >= 4 is 21.6 Å². The summed E-state index contributed by atoms with van der Waals surface area (Å²) >= 11 is 6.02. The minimum atomic E-state index is -3.62. The molecule has 1 aromatic carbocycles. The zero-order valence-corrected chi connectivity index (χ0v) is 13.6. The van der Waals surface area contributed by atoms with Gasteiger partial charge in [0.1, 0.15) is 10.6 Å². The highest BCUT2D eigenvalue weighted by Crippen LogP contribution is 2.31. The third kappa shape index (κ3) is 4.34. The number of methoxy groups -OCH3 is 1. The second kappa shape index (κ2) is 7.83. The Morgan fingerprint density at radius 2 is 2.00 bits per heavy atom. The summed E-state index contributed by atoms with van der Waals surface area (Å²) in [6, 6.07) is 3.12. The lowest BCUT2D eigenvalue weighted by Gasteiger charge is -2.15. The third-order valence-corrected chi connectivity index (χ3v) is 4.38. The summed E-state index contributed by atoms with van der Waals surface area (Å²) in [6.45, 7) is 5.51. The van der Waals surface area contributed by atoms with Crippen LogP contribution in [0, 0.1) is 0 Å². The highest BCUT2D eigenvalue weighted by Gasteiger charge is 2.22. The van der Waals surface area contributed by atoms with Crippen LogP contribution in [0.3, 0.4) is 0 Å². The fourth-order valence-electron chi connectivity index (χ4n) is 1.76. The molecule has 2 N–H and O–H groups in total. The Hall–Kier alpha value is -0.820. The summed E-state index contributed by atoms with van der Waals surface area (Å²) in [5.74, 6) is 0.332. The van der Waals surface area contributed by atoms with Crippen LogP contribution in [-0.4, -0.2) is 28.6 Å². The molecule has 0 aliphatic carbocycles. The van der Waals surface area contributed by atoms with Gasteiger partial charge in [-0.15, -0.1) is 0 Å². The number of rotatable bonds is 8. The molecule has 20 heavy (non-hydrogen) atoms. The Balaban J connectivity index is 3.27. The number of hydrogen-bond donors (Lipinski definition) is 2. The van der Waals surface area contributed by atoms with Gasteiger partial charge in [0.25, 0.3) is 0 Å². The Bertz CT molecular complexity index is 547. The standard InChI is InChI=1S/C13H21ClN2O3S/c1-4-6-16-20(17,18)12-8-11(14)7-10(9-15-5-2)13(12)19-3/h7-8,15-16H,4-6,9H2,1-3H3. The zero-order valence-electron chi connectivity index (χ0n) is 12.0. The van der Waals surface area contributed by atoms with Crippen LogP contribution >= 0.6 is 11.6 Å². The first-order chi connectivity index (χ1) is 9.46. The Morgan fingerprint density at radius 3 is 2.55 bits per heavy atom. The van der Waals surface area contributed by atoms with E-state index >= 15 is 0 Å². The number of nitrogens with one attached hydrogen (secondary N) is 2. The first-order valence-electron chi connectivity index (χ1n) is 6.53. The lowest BCUT2D eigenvalue weighted by atomic mass is 10.2. The SMILES string of the molecule is CCCNS(=O)(=O)c1cc(Cl)cc(CNCC)c1OC. The van der Waals surface area contributed by atoms with Gasteiger partial charge < -0.3 is 10.1 Å². The molecular weight excluding hydrogens is 300 g/mol. The van der Waals surface area contributed by atoms with Crippen molar-refractivity contribution in [2.75, 3.05) is 20.2 Å². The van der Waals surface area contributed by atoms with Gasteiger partial charge in [-0.3, -0.25) is 0 Å². The minimum Gasteiger partial charge on any atom is -0.495 e. The van der Waals surface area contributed by atoms with Gasteiger partial charge >= 0.3 is 0 Å². The van der Waals surface area contributed by atoms with Crippen LogP contribution in [0.2, 0.25) is 5.02 Å². The van der Waals surface area contributed by atoms with E-state index in [0.717, 1.165) is 12.1 Å². The summed E-state index contributed by atoms with van der Waals surface area (Å²) < 4.78 is 32.4. The predicted molar refractivity (Wildman–Crippen MR) is 80.9 cm³/mol. The van der Waals surface area contributed by atoms with Crippen LogP contribution in [0.15, 0.2) is 17.0 Å². The Morgan fingerprint density at radius 1 is 1.30 bits per heavy atom. The largest absolute Gasteiger partial charge is 0.495 e. The first-order valence-corrected chi connectivity index (χ1v) is 8.39. The average Bonchev–Trinajstić information content (AvgIpc) is 2.42. The second-order valence-electron chi connectivity index (χ2n) is 4.27. The van der Waals surface area contributed by atoms with E-state index in [1.165, 1.54) is 13.2 Å².